The Morgan fingerprint density at radius 3 is 2.72 bits per heavy atom. The third-order valence-electron chi connectivity index (χ3n) is 7.17. The van der Waals surface area contributed by atoms with Crippen molar-refractivity contribution < 1.29 is 14.9 Å². The minimum Gasteiger partial charge on any atom is -0.387 e. The van der Waals surface area contributed by atoms with Crippen LogP contribution in [0.5, 0.6) is 0 Å². The van der Waals surface area contributed by atoms with Crippen LogP contribution in [-0.4, -0.2) is 74.2 Å². The Morgan fingerprint density at radius 2 is 1.97 bits per heavy atom. The number of ether oxygens (including phenoxy) is 1. The summed E-state index contributed by atoms with van der Waals surface area (Å²) in [6, 6.07) is 8.61. The molecule has 2 aliphatic rings. The molecule has 14 nitrogen and oxygen atoms in total. The van der Waals surface area contributed by atoms with Crippen molar-refractivity contribution in [2.45, 2.75) is 68.9 Å². The largest absolute Gasteiger partial charge is 0.387 e. The predicted octanol–water partition coefficient (Wildman–Crippen LogP) is 1.24. The summed E-state index contributed by atoms with van der Waals surface area (Å²) >= 11 is 2.29. The first kappa shape index (κ1) is 26.2. The zero-order chi connectivity index (χ0) is 27.1. The number of hydrogen-bond acceptors (Lipinski definition) is 12. The first-order chi connectivity index (χ1) is 18.9. The topological polar surface area (TPSA) is 187 Å². The number of aryl methyl sites for hydroxylation is 1. The molecule has 15 heteroatoms. The average Bonchev–Trinajstić information content (AvgIpc) is 3.62. The molecule has 4 unspecified atom stereocenters. The normalized spacial score (nSPS) is 27.2. The average molecular weight is 647 g/mol. The monoisotopic (exact) mass is 647 g/mol. The van der Waals surface area contributed by atoms with Crippen LogP contribution in [0.25, 0.3) is 11.2 Å². The fourth-order valence-corrected chi connectivity index (χ4v) is 5.69. The molecular formula is C24H30IN11O3. The van der Waals surface area contributed by atoms with Gasteiger partial charge in [0, 0.05) is 22.2 Å². The van der Waals surface area contributed by atoms with E-state index in [1.165, 1.54) is 11.1 Å². The highest BCUT2D eigenvalue weighted by Gasteiger charge is 2.47. The Hall–Kier alpha value is -2.99. The minimum atomic E-state index is -1.27. The first-order valence-electron chi connectivity index (χ1n) is 12.9. The number of hydrogen-bond donors (Lipinski definition) is 5. The third-order valence-corrected chi connectivity index (χ3v) is 7.84. The molecule has 6 N–H and O–H groups in total. The van der Waals surface area contributed by atoms with E-state index in [1.54, 1.807) is 11.6 Å². The third kappa shape index (κ3) is 5.41. The van der Waals surface area contributed by atoms with Gasteiger partial charge in [-0.2, -0.15) is 14.8 Å². The number of halogens is 1. The van der Waals surface area contributed by atoms with Gasteiger partial charge in [0.05, 0.1) is 13.4 Å². The molecular weight excluding hydrogens is 617 g/mol. The molecule has 1 aliphatic carbocycles. The van der Waals surface area contributed by atoms with E-state index in [2.05, 4.69) is 59.7 Å². The van der Waals surface area contributed by atoms with E-state index in [9.17, 15) is 10.2 Å². The number of nitrogens with one attached hydrogen (secondary N) is 2. The molecule has 4 aromatic rings. The number of nitrogens with two attached hydrogens (primary N) is 1. The van der Waals surface area contributed by atoms with E-state index < -0.39 is 24.5 Å². The molecule has 0 spiro atoms. The van der Waals surface area contributed by atoms with Gasteiger partial charge in [-0.3, -0.25) is 4.57 Å². The summed E-state index contributed by atoms with van der Waals surface area (Å²) in [6.45, 7) is 0.537. The van der Waals surface area contributed by atoms with Gasteiger partial charge >= 0.3 is 0 Å². The molecule has 1 aromatic carbocycles. The number of nitrogens with zero attached hydrogens (tertiary/aromatic N) is 8. The Balaban J connectivity index is 1.33. The molecule has 0 amide bonds. The van der Waals surface area contributed by atoms with Gasteiger partial charge in [-0.1, -0.05) is 12.1 Å². The van der Waals surface area contributed by atoms with Crippen molar-refractivity contribution in [1.29, 1.82) is 0 Å². The van der Waals surface area contributed by atoms with Crippen LogP contribution < -0.4 is 16.4 Å². The second-order valence-corrected chi connectivity index (χ2v) is 11.3. The van der Waals surface area contributed by atoms with E-state index in [0.717, 1.165) is 34.8 Å². The Bertz CT molecular complexity index is 1450. The van der Waals surface area contributed by atoms with Crippen molar-refractivity contribution in [3.05, 3.63) is 45.6 Å². The molecule has 0 bridgehead atoms. The van der Waals surface area contributed by atoms with E-state index in [0.29, 0.717) is 29.5 Å². The summed E-state index contributed by atoms with van der Waals surface area (Å²) in [5, 5.41) is 40.4. The van der Waals surface area contributed by atoms with Crippen LogP contribution in [0.1, 0.15) is 49.4 Å². The van der Waals surface area contributed by atoms with Crippen LogP contribution in [0.4, 0.5) is 11.8 Å². The number of aliphatic hydroxyl groups excluding tert-OH is 2. The number of rotatable bonds is 7. The van der Waals surface area contributed by atoms with Gasteiger partial charge in [0.15, 0.2) is 29.3 Å². The summed E-state index contributed by atoms with van der Waals surface area (Å²) in [5.74, 6) is 1.17. The minimum absolute atomic E-state index is 0.184. The highest BCUT2D eigenvalue weighted by atomic mass is 127. The lowest BCUT2D eigenvalue weighted by Crippen LogP contribution is -2.33. The van der Waals surface area contributed by atoms with Crippen molar-refractivity contribution in [3.63, 3.8) is 0 Å². The Kier molecular flexibility index (Phi) is 7.32. The van der Waals surface area contributed by atoms with Crippen LogP contribution in [0.2, 0.25) is 0 Å². The van der Waals surface area contributed by atoms with Crippen LogP contribution in [0.3, 0.4) is 0 Å². The Labute approximate surface area is 237 Å². The zero-order valence-corrected chi connectivity index (χ0v) is 23.4. The van der Waals surface area contributed by atoms with Crippen molar-refractivity contribution in [2.75, 3.05) is 10.6 Å². The molecule has 2 fully saturated rings. The van der Waals surface area contributed by atoms with E-state index in [1.807, 2.05) is 18.2 Å². The van der Waals surface area contributed by atoms with Gasteiger partial charge in [0.1, 0.15) is 12.2 Å². The number of imidazole rings is 1. The maximum absolute atomic E-state index is 10.9. The zero-order valence-electron chi connectivity index (χ0n) is 21.2. The fraction of sp³-hybridized carbons (Fsp3) is 0.500. The molecule has 3 aromatic heterocycles. The van der Waals surface area contributed by atoms with Gasteiger partial charge in [-0.15, -0.1) is 10.2 Å². The van der Waals surface area contributed by atoms with Crippen LogP contribution in [0.15, 0.2) is 30.6 Å². The number of fused-ring (bicyclic) bond motifs is 1. The van der Waals surface area contributed by atoms with Gasteiger partial charge in [-0.25, -0.2) is 4.98 Å². The number of aromatic nitrogens is 8. The summed E-state index contributed by atoms with van der Waals surface area (Å²) < 4.78 is 8.80. The number of tetrazole rings is 1. The van der Waals surface area contributed by atoms with Crippen molar-refractivity contribution >= 4 is 45.5 Å². The molecule has 1 saturated carbocycles. The second kappa shape index (κ2) is 10.9. The standard InChI is InChI=1S/C24H30IN11O3/c1-35-33-21(32-34-35)19-17(37)18(38)23(39-19)36-11-28-16-20(27-10-12-3-2-4-13(25)9-12)30-24(31-22(16)36)29-15-7-5-14(26)6-8-15/h2-4,9,11,14-15,17-19,23,37-38H,5-8,10,26H2,1H3,(H2,27,29,30,31). The lowest BCUT2D eigenvalue weighted by molar-refractivity contribution is -0.0384. The lowest BCUT2D eigenvalue weighted by Gasteiger charge is -2.27. The number of aliphatic hydroxyl groups is 2. The quantitative estimate of drug-likeness (QED) is 0.181. The first-order valence-corrected chi connectivity index (χ1v) is 13.9. The van der Waals surface area contributed by atoms with Crippen molar-refractivity contribution in [3.8, 4) is 0 Å². The second-order valence-electron chi connectivity index (χ2n) is 10.0. The summed E-state index contributed by atoms with van der Waals surface area (Å²) in [7, 11) is 1.62. The molecule has 0 radical (unpaired) electrons. The maximum Gasteiger partial charge on any atom is 0.227 e. The van der Waals surface area contributed by atoms with Gasteiger partial charge < -0.3 is 31.3 Å². The van der Waals surface area contributed by atoms with Crippen molar-refractivity contribution in [1.82, 2.24) is 39.7 Å². The summed E-state index contributed by atoms with van der Waals surface area (Å²) in [6.07, 6.45) is 0.795. The molecule has 6 rings (SSSR count). The number of benzene rings is 1. The SMILES string of the molecule is Cn1nnc(C2OC(n3cnc4c(NCc5cccc(I)c5)nc(NC5CCC(N)CC5)nc43)C(O)C2O)n1. The highest BCUT2D eigenvalue weighted by molar-refractivity contribution is 14.1. The highest BCUT2D eigenvalue weighted by Crippen LogP contribution is 2.39. The van der Waals surface area contributed by atoms with Crippen molar-refractivity contribution in [2.24, 2.45) is 12.8 Å². The molecule has 206 valence electrons. The summed E-state index contributed by atoms with van der Waals surface area (Å²) in [5.41, 5.74) is 8.16. The lowest BCUT2D eigenvalue weighted by atomic mass is 9.92. The van der Waals surface area contributed by atoms with E-state index >= 15 is 0 Å². The van der Waals surface area contributed by atoms with Gasteiger partial charge in [-0.05, 0) is 71.2 Å². The molecule has 1 aliphatic heterocycles. The smallest absolute Gasteiger partial charge is 0.227 e. The number of anilines is 2. The summed E-state index contributed by atoms with van der Waals surface area (Å²) in [4.78, 5) is 15.4. The van der Waals surface area contributed by atoms with Crippen LogP contribution in [-0.2, 0) is 18.3 Å². The molecule has 4 atom stereocenters. The Morgan fingerprint density at radius 1 is 1.15 bits per heavy atom. The van der Waals surface area contributed by atoms with E-state index in [4.69, 9.17) is 20.4 Å². The molecule has 39 heavy (non-hydrogen) atoms. The predicted molar refractivity (Wildman–Crippen MR) is 149 cm³/mol. The maximum atomic E-state index is 10.9. The fourth-order valence-electron chi connectivity index (χ4n) is 5.08. The van der Waals surface area contributed by atoms with Gasteiger partial charge in [0.2, 0.25) is 11.8 Å². The van der Waals surface area contributed by atoms with E-state index in [-0.39, 0.29) is 17.9 Å². The molecule has 4 heterocycles. The van der Waals surface area contributed by atoms with Gasteiger partial charge in [0.25, 0.3) is 0 Å². The molecule has 1 saturated heterocycles. The van der Waals surface area contributed by atoms with Crippen LogP contribution in [0, 0.1) is 3.57 Å². The van der Waals surface area contributed by atoms with Crippen LogP contribution >= 0.6 is 22.6 Å².